The molecule has 3 heterocycles. The SMILES string of the molecule is CC(C)(C)c1ncc2c(n1)CCN(Cc1cn[nH]c1)C2. The Morgan fingerprint density at radius 2 is 2.15 bits per heavy atom. The number of nitrogens with zero attached hydrogens (tertiary/aromatic N) is 4. The van der Waals surface area contributed by atoms with Crippen LogP contribution in [0.25, 0.3) is 0 Å². The number of aromatic amines is 1. The molecule has 1 aliphatic rings. The smallest absolute Gasteiger partial charge is 0.133 e. The highest BCUT2D eigenvalue weighted by molar-refractivity contribution is 5.22. The standard InChI is InChI=1S/C15H21N5/c1-15(2,3)14-16-8-12-10-20(5-4-13(12)19-14)9-11-6-17-18-7-11/h6-8H,4-5,9-10H2,1-3H3,(H,17,18). The van der Waals surface area contributed by atoms with Crippen LogP contribution in [0.5, 0.6) is 0 Å². The molecule has 0 unspecified atom stereocenters. The van der Waals surface area contributed by atoms with Crippen molar-refractivity contribution >= 4 is 0 Å². The number of H-pyrrole nitrogens is 1. The van der Waals surface area contributed by atoms with Crippen molar-refractivity contribution in [2.45, 2.75) is 45.7 Å². The molecular weight excluding hydrogens is 250 g/mol. The highest BCUT2D eigenvalue weighted by Gasteiger charge is 2.22. The first-order valence-electron chi connectivity index (χ1n) is 7.07. The second kappa shape index (κ2) is 4.98. The van der Waals surface area contributed by atoms with Crippen molar-refractivity contribution in [1.29, 1.82) is 0 Å². The van der Waals surface area contributed by atoms with Gasteiger partial charge < -0.3 is 0 Å². The van der Waals surface area contributed by atoms with Gasteiger partial charge in [0.1, 0.15) is 5.82 Å². The van der Waals surface area contributed by atoms with E-state index in [2.05, 4.69) is 40.9 Å². The zero-order valence-electron chi connectivity index (χ0n) is 12.3. The van der Waals surface area contributed by atoms with Gasteiger partial charge in [0.2, 0.25) is 0 Å². The lowest BCUT2D eigenvalue weighted by atomic mass is 9.95. The highest BCUT2D eigenvalue weighted by atomic mass is 15.1. The number of nitrogens with one attached hydrogen (secondary N) is 1. The van der Waals surface area contributed by atoms with E-state index in [0.717, 1.165) is 31.9 Å². The topological polar surface area (TPSA) is 57.7 Å². The Morgan fingerprint density at radius 1 is 1.30 bits per heavy atom. The molecule has 20 heavy (non-hydrogen) atoms. The number of hydrogen-bond donors (Lipinski definition) is 1. The highest BCUT2D eigenvalue weighted by Crippen LogP contribution is 2.23. The van der Waals surface area contributed by atoms with Gasteiger partial charge in [-0.3, -0.25) is 10.00 Å². The summed E-state index contributed by atoms with van der Waals surface area (Å²) < 4.78 is 0. The Hall–Kier alpha value is -1.75. The summed E-state index contributed by atoms with van der Waals surface area (Å²) in [5.41, 5.74) is 3.71. The molecule has 0 saturated heterocycles. The summed E-state index contributed by atoms with van der Waals surface area (Å²) in [7, 11) is 0. The van der Waals surface area contributed by atoms with Crippen molar-refractivity contribution in [3.8, 4) is 0 Å². The fourth-order valence-electron chi connectivity index (χ4n) is 2.49. The Morgan fingerprint density at radius 3 is 2.85 bits per heavy atom. The summed E-state index contributed by atoms with van der Waals surface area (Å²) in [5, 5.41) is 6.86. The minimum atomic E-state index is 0.0168. The van der Waals surface area contributed by atoms with Gasteiger partial charge in [0.25, 0.3) is 0 Å². The molecule has 5 heteroatoms. The normalized spacial score (nSPS) is 16.1. The van der Waals surface area contributed by atoms with Gasteiger partial charge >= 0.3 is 0 Å². The van der Waals surface area contributed by atoms with Crippen LogP contribution in [-0.4, -0.2) is 31.6 Å². The number of hydrogen-bond acceptors (Lipinski definition) is 4. The van der Waals surface area contributed by atoms with E-state index in [9.17, 15) is 0 Å². The van der Waals surface area contributed by atoms with Crippen LogP contribution in [0.2, 0.25) is 0 Å². The molecule has 3 rings (SSSR count). The first kappa shape index (κ1) is 13.2. The number of fused-ring (bicyclic) bond motifs is 1. The third-order valence-electron chi connectivity index (χ3n) is 3.64. The zero-order valence-corrected chi connectivity index (χ0v) is 12.3. The monoisotopic (exact) mass is 271 g/mol. The quantitative estimate of drug-likeness (QED) is 0.908. The second-order valence-corrected chi connectivity index (χ2v) is 6.48. The van der Waals surface area contributed by atoms with Crippen LogP contribution in [0.15, 0.2) is 18.6 Å². The van der Waals surface area contributed by atoms with Crippen LogP contribution in [0.1, 0.15) is 43.4 Å². The molecule has 0 aliphatic carbocycles. The largest absolute Gasteiger partial charge is 0.294 e. The molecular formula is C15H21N5. The third kappa shape index (κ3) is 2.72. The second-order valence-electron chi connectivity index (χ2n) is 6.48. The summed E-state index contributed by atoms with van der Waals surface area (Å²) in [6, 6.07) is 0. The van der Waals surface area contributed by atoms with Crippen molar-refractivity contribution in [2.75, 3.05) is 6.54 Å². The Balaban J connectivity index is 1.75. The van der Waals surface area contributed by atoms with E-state index in [1.165, 1.54) is 16.8 Å². The lowest BCUT2D eigenvalue weighted by molar-refractivity contribution is 0.242. The molecule has 2 aromatic heterocycles. The van der Waals surface area contributed by atoms with Gasteiger partial charge in [0, 0.05) is 60.7 Å². The van der Waals surface area contributed by atoms with E-state index in [0.29, 0.717) is 0 Å². The Bertz CT molecular complexity index is 583. The average Bonchev–Trinajstić information content (AvgIpc) is 2.90. The van der Waals surface area contributed by atoms with Crippen molar-refractivity contribution in [1.82, 2.24) is 25.1 Å². The molecule has 0 amide bonds. The first-order valence-corrected chi connectivity index (χ1v) is 7.07. The van der Waals surface area contributed by atoms with Crippen molar-refractivity contribution in [3.63, 3.8) is 0 Å². The predicted octanol–water partition coefficient (Wildman–Crippen LogP) is 2.06. The molecule has 0 bridgehead atoms. The molecule has 0 fully saturated rings. The Kier molecular flexibility index (Phi) is 3.30. The average molecular weight is 271 g/mol. The van der Waals surface area contributed by atoms with Crippen LogP contribution in [0.3, 0.4) is 0 Å². The molecule has 0 spiro atoms. The van der Waals surface area contributed by atoms with Gasteiger partial charge in [-0.15, -0.1) is 0 Å². The van der Waals surface area contributed by atoms with Gasteiger partial charge in [0.15, 0.2) is 0 Å². The van der Waals surface area contributed by atoms with Crippen LogP contribution in [0, 0.1) is 0 Å². The molecule has 5 nitrogen and oxygen atoms in total. The zero-order chi connectivity index (χ0) is 14.2. The maximum atomic E-state index is 4.76. The summed E-state index contributed by atoms with van der Waals surface area (Å²) >= 11 is 0. The number of aromatic nitrogens is 4. The van der Waals surface area contributed by atoms with Crippen LogP contribution in [-0.2, 0) is 24.9 Å². The molecule has 0 atom stereocenters. The molecule has 0 saturated carbocycles. The first-order chi connectivity index (χ1) is 9.52. The summed E-state index contributed by atoms with van der Waals surface area (Å²) in [5.74, 6) is 0.944. The van der Waals surface area contributed by atoms with Gasteiger partial charge in [-0.05, 0) is 0 Å². The molecule has 106 valence electrons. The minimum absolute atomic E-state index is 0.0168. The van der Waals surface area contributed by atoms with Crippen LogP contribution in [0.4, 0.5) is 0 Å². The molecule has 1 aliphatic heterocycles. The van der Waals surface area contributed by atoms with E-state index in [4.69, 9.17) is 4.98 Å². The minimum Gasteiger partial charge on any atom is -0.294 e. The predicted molar refractivity (Wildman–Crippen MR) is 77.1 cm³/mol. The maximum absolute atomic E-state index is 4.76. The van der Waals surface area contributed by atoms with Gasteiger partial charge in [-0.25, -0.2) is 9.97 Å². The van der Waals surface area contributed by atoms with Crippen LogP contribution < -0.4 is 0 Å². The third-order valence-corrected chi connectivity index (χ3v) is 3.64. The van der Waals surface area contributed by atoms with Gasteiger partial charge in [-0.2, -0.15) is 5.10 Å². The van der Waals surface area contributed by atoms with Gasteiger partial charge in [0.05, 0.1) is 6.20 Å². The Labute approximate surface area is 119 Å². The summed E-state index contributed by atoms with van der Waals surface area (Å²) in [6.07, 6.45) is 6.84. The molecule has 2 aromatic rings. The van der Waals surface area contributed by atoms with Gasteiger partial charge in [-0.1, -0.05) is 20.8 Å². The fraction of sp³-hybridized carbons (Fsp3) is 0.533. The van der Waals surface area contributed by atoms with Crippen LogP contribution >= 0.6 is 0 Å². The maximum Gasteiger partial charge on any atom is 0.133 e. The summed E-state index contributed by atoms with van der Waals surface area (Å²) in [6.45, 7) is 9.36. The van der Waals surface area contributed by atoms with E-state index in [1.807, 2.05) is 18.6 Å². The molecule has 0 aromatic carbocycles. The molecule has 0 radical (unpaired) electrons. The van der Waals surface area contributed by atoms with Crippen molar-refractivity contribution in [3.05, 3.63) is 41.2 Å². The number of rotatable bonds is 2. The molecule has 1 N–H and O–H groups in total. The summed E-state index contributed by atoms with van der Waals surface area (Å²) in [4.78, 5) is 11.7. The van der Waals surface area contributed by atoms with E-state index in [1.54, 1.807) is 0 Å². The van der Waals surface area contributed by atoms with E-state index < -0.39 is 0 Å². The fourth-order valence-corrected chi connectivity index (χ4v) is 2.49. The van der Waals surface area contributed by atoms with E-state index >= 15 is 0 Å². The van der Waals surface area contributed by atoms with Crippen molar-refractivity contribution in [2.24, 2.45) is 0 Å². The van der Waals surface area contributed by atoms with E-state index in [-0.39, 0.29) is 5.41 Å². The lowest BCUT2D eigenvalue weighted by Gasteiger charge is -2.28. The van der Waals surface area contributed by atoms with Crippen molar-refractivity contribution < 1.29 is 0 Å². The lowest BCUT2D eigenvalue weighted by Crippen LogP contribution is -2.31.